The van der Waals surface area contributed by atoms with Crippen LogP contribution in [0, 0.1) is 34.5 Å². The highest BCUT2D eigenvalue weighted by atomic mass is 16.1. The molecule has 4 fully saturated rings. The molecule has 2 heterocycles. The first-order chi connectivity index (χ1) is 12.1. The van der Waals surface area contributed by atoms with E-state index < -0.39 is 5.91 Å². The average Bonchev–Trinajstić information content (AvgIpc) is 3.06. The summed E-state index contributed by atoms with van der Waals surface area (Å²) in [5, 5.41) is 13.3. The maximum Gasteiger partial charge on any atom is 0.252 e. The number of nitrogens with two attached hydrogens (primary N) is 1. The molecule has 0 spiro atoms. The zero-order valence-electron chi connectivity index (χ0n) is 13.8. The number of H-pyrrole nitrogens is 1. The number of primary amides is 1. The zero-order valence-corrected chi connectivity index (χ0v) is 13.8. The summed E-state index contributed by atoms with van der Waals surface area (Å²) >= 11 is 0. The van der Waals surface area contributed by atoms with Crippen molar-refractivity contribution in [3.8, 4) is 6.07 Å². The Bertz CT molecular complexity index is 896. The van der Waals surface area contributed by atoms with E-state index in [0.717, 1.165) is 24.8 Å². The summed E-state index contributed by atoms with van der Waals surface area (Å²) < 4.78 is 0. The molecule has 0 saturated heterocycles. The number of pyridine rings is 1. The molecule has 2 atom stereocenters. The molecule has 2 unspecified atom stereocenters. The lowest BCUT2D eigenvalue weighted by molar-refractivity contribution is -0.0296. The Kier molecular flexibility index (Phi) is 2.91. The van der Waals surface area contributed by atoms with Gasteiger partial charge in [0, 0.05) is 12.2 Å². The summed E-state index contributed by atoms with van der Waals surface area (Å²) in [6.07, 6.45) is 8.39. The van der Waals surface area contributed by atoms with Crippen LogP contribution in [0.25, 0.3) is 11.2 Å². The maximum absolute atomic E-state index is 11.9. The van der Waals surface area contributed by atoms with E-state index in [4.69, 9.17) is 5.73 Å². The highest BCUT2D eigenvalue weighted by Gasteiger charge is 2.55. The van der Waals surface area contributed by atoms with Crippen LogP contribution in [0.5, 0.6) is 0 Å². The van der Waals surface area contributed by atoms with Crippen LogP contribution >= 0.6 is 0 Å². The molecule has 2 aromatic heterocycles. The summed E-state index contributed by atoms with van der Waals surface area (Å²) in [6, 6.07) is 2.89. The lowest BCUT2D eigenvalue weighted by atomic mass is 9.48. The number of rotatable bonds is 3. The van der Waals surface area contributed by atoms with Gasteiger partial charge in [-0.15, -0.1) is 0 Å². The third-order valence-corrected chi connectivity index (χ3v) is 6.54. The summed E-state index contributed by atoms with van der Waals surface area (Å²) in [5.41, 5.74) is 7.84. The van der Waals surface area contributed by atoms with Crippen molar-refractivity contribution in [1.29, 1.82) is 5.26 Å². The number of nitrogens with zero attached hydrogens (tertiary/aromatic N) is 3. The first-order valence-corrected chi connectivity index (χ1v) is 8.88. The van der Waals surface area contributed by atoms with E-state index >= 15 is 0 Å². The van der Waals surface area contributed by atoms with Gasteiger partial charge in [0.05, 0.1) is 29.1 Å². The van der Waals surface area contributed by atoms with Crippen LogP contribution in [-0.4, -0.2) is 26.9 Å². The lowest BCUT2D eigenvalue weighted by Gasteiger charge is -2.57. The molecule has 128 valence electrons. The first kappa shape index (κ1) is 14.7. The van der Waals surface area contributed by atoms with Gasteiger partial charge in [-0.2, -0.15) is 5.26 Å². The van der Waals surface area contributed by atoms with E-state index in [1.807, 2.05) is 0 Å². The van der Waals surface area contributed by atoms with E-state index in [2.05, 4.69) is 26.3 Å². The number of hydrogen-bond acceptors (Lipinski definition) is 5. The molecule has 1 amide bonds. The fraction of sp³-hybridized carbons (Fsp3) is 0.556. The molecule has 2 aromatic rings. The highest BCUT2D eigenvalue weighted by molar-refractivity contribution is 6.04. The predicted molar refractivity (Wildman–Crippen MR) is 91.4 cm³/mol. The van der Waals surface area contributed by atoms with Gasteiger partial charge in [0.1, 0.15) is 5.52 Å². The molecular formula is C18H20N6O. The number of carbonyl (C=O) groups is 1. The fourth-order valence-electron chi connectivity index (χ4n) is 5.79. The number of anilines is 1. The average molecular weight is 336 g/mol. The second-order valence-corrected chi connectivity index (χ2v) is 8.04. The van der Waals surface area contributed by atoms with Crippen LogP contribution in [0.4, 0.5) is 5.69 Å². The Morgan fingerprint density at radius 1 is 1.32 bits per heavy atom. The van der Waals surface area contributed by atoms with Gasteiger partial charge in [0.15, 0.2) is 5.65 Å². The molecule has 4 aliphatic carbocycles. The summed E-state index contributed by atoms with van der Waals surface area (Å²) in [4.78, 5) is 23.4. The smallest absolute Gasteiger partial charge is 0.252 e. The van der Waals surface area contributed by atoms with Crippen molar-refractivity contribution in [2.75, 3.05) is 5.32 Å². The molecule has 4 saturated carbocycles. The third kappa shape index (κ3) is 2.06. The van der Waals surface area contributed by atoms with Crippen molar-refractivity contribution in [1.82, 2.24) is 15.0 Å². The minimum absolute atomic E-state index is 0.122. The topological polar surface area (TPSA) is 120 Å². The molecule has 0 aliphatic heterocycles. The summed E-state index contributed by atoms with van der Waals surface area (Å²) in [5.74, 6) is 1.12. The molecule has 0 radical (unpaired) electrons. The van der Waals surface area contributed by atoms with Crippen molar-refractivity contribution in [2.24, 2.45) is 28.9 Å². The van der Waals surface area contributed by atoms with Crippen LogP contribution in [-0.2, 0) is 0 Å². The molecule has 7 nitrogen and oxygen atoms in total. The number of amides is 1. The van der Waals surface area contributed by atoms with Crippen LogP contribution in [0.3, 0.4) is 0 Å². The SMILES string of the molecule is N#CC12CC3CC(C1)C(Nc1c(C(N)=O)cnc4nc[nH]c14)C(C3)C2. The normalized spacial score (nSPS) is 35.6. The van der Waals surface area contributed by atoms with Crippen LogP contribution in [0.15, 0.2) is 12.5 Å². The van der Waals surface area contributed by atoms with Crippen LogP contribution in [0.2, 0.25) is 0 Å². The van der Waals surface area contributed by atoms with Crippen molar-refractivity contribution in [3.05, 3.63) is 18.1 Å². The van der Waals surface area contributed by atoms with Crippen molar-refractivity contribution in [2.45, 2.75) is 38.1 Å². The Morgan fingerprint density at radius 3 is 2.76 bits per heavy atom. The van der Waals surface area contributed by atoms with E-state index in [0.29, 0.717) is 34.7 Å². The van der Waals surface area contributed by atoms with Gasteiger partial charge >= 0.3 is 0 Å². The molecule has 4 N–H and O–H groups in total. The molecule has 4 bridgehead atoms. The van der Waals surface area contributed by atoms with Gasteiger partial charge < -0.3 is 16.0 Å². The number of fused-ring (bicyclic) bond motifs is 1. The van der Waals surface area contributed by atoms with Gasteiger partial charge in [0.25, 0.3) is 5.91 Å². The van der Waals surface area contributed by atoms with Crippen molar-refractivity contribution in [3.63, 3.8) is 0 Å². The van der Waals surface area contributed by atoms with E-state index in [1.165, 1.54) is 19.0 Å². The van der Waals surface area contributed by atoms with Gasteiger partial charge in [-0.1, -0.05) is 0 Å². The van der Waals surface area contributed by atoms with Gasteiger partial charge in [0.2, 0.25) is 0 Å². The second kappa shape index (κ2) is 4.94. The minimum atomic E-state index is -0.496. The molecule has 6 rings (SSSR count). The Hall–Kier alpha value is -2.62. The molecule has 4 aliphatic rings. The Labute approximate surface area is 145 Å². The van der Waals surface area contributed by atoms with Crippen LogP contribution < -0.4 is 11.1 Å². The van der Waals surface area contributed by atoms with Gasteiger partial charge in [-0.25, -0.2) is 9.97 Å². The van der Waals surface area contributed by atoms with E-state index in [1.54, 1.807) is 6.33 Å². The van der Waals surface area contributed by atoms with E-state index in [9.17, 15) is 10.1 Å². The predicted octanol–water partition coefficient (Wildman–Crippen LogP) is 2.19. The number of carbonyl (C=O) groups excluding carboxylic acids is 1. The number of aromatic amines is 1. The Balaban J connectivity index is 1.54. The fourth-order valence-corrected chi connectivity index (χ4v) is 5.79. The second-order valence-electron chi connectivity index (χ2n) is 8.04. The number of nitriles is 1. The van der Waals surface area contributed by atoms with E-state index in [-0.39, 0.29) is 11.5 Å². The van der Waals surface area contributed by atoms with Crippen molar-refractivity contribution < 1.29 is 4.79 Å². The third-order valence-electron chi connectivity index (χ3n) is 6.54. The largest absolute Gasteiger partial charge is 0.379 e. The maximum atomic E-state index is 11.9. The number of nitrogens with one attached hydrogen (secondary N) is 2. The van der Waals surface area contributed by atoms with Gasteiger partial charge in [-0.3, -0.25) is 4.79 Å². The monoisotopic (exact) mass is 336 g/mol. The standard InChI is InChI=1S/C18H20N6O/c19-7-18-3-9-1-10(4-18)13(11(2-9)5-18)24-14-12(16(20)25)6-21-17-15(14)22-8-23-17/h6,8-11,13H,1-5H2,(H2,20,25)(H2,21,22,23,24). The number of hydrogen-bond donors (Lipinski definition) is 3. The zero-order chi connectivity index (χ0) is 17.2. The van der Waals surface area contributed by atoms with Crippen LogP contribution in [0.1, 0.15) is 42.5 Å². The molecular weight excluding hydrogens is 316 g/mol. The van der Waals surface area contributed by atoms with Crippen molar-refractivity contribution >= 4 is 22.8 Å². The number of aromatic nitrogens is 3. The summed E-state index contributed by atoms with van der Waals surface area (Å²) in [7, 11) is 0. The molecule has 0 aromatic carbocycles. The highest BCUT2D eigenvalue weighted by Crippen LogP contribution is 2.60. The number of imidazole rings is 1. The quantitative estimate of drug-likeness (QED) is 0.793. The molecule has 25 heavy (non-hydrogen) atoms. The minimum Gasteiger partial charge on any atom is -0.379 e. The first-order valence-electron chi connectivity index (χ1n) is 8.88. The molecule has 7 heteroatoms. The van der Waals surface area contributed by atoms with Gasteiger partial charge in [-0.05, 0) is 49.9 Å². The summed E-state index contributed by atoms with van der Waals surface area (Å²) in [6.45, 7) is 0. The Morgan fingerprint density at radius 2 is 2.08 bits per heavy atom. The lowest BCUT2D eigenvalue weighted by Crippen LogP contribution is -2.55.